The molecule has 0 saturated carbocycles. The van der Waals surface area contributed by atoms with Crippen molar-refractivity contribution in [3.05, 3.63) is 35.8 Å². The standard InChI is InChI=1S/C14H18N4/c1-4-5-11-8-13(15-3)18-14(17-11)12-9-16-7-6-10(12)2/h6-9H,4-5H2,1-3H3,(H,15,17,18). The lowest BCUT2D eigenvalue weighted by atomic mass is 10.1. The summed E-state index contributed by atoms with van der Waals surface area (Å²) in [6.07, 6.45) is 5.64. The Balaban J connectivity index is 2.50. The Bertz CT molecular complexity index is 537. The number of aromatic nitrogens is 3. The molecule has 0 atom stereocenters. The van der Waals surface area contributed by atoms with Crippen molar-refractivity contribution in [3.8, 4) is 11.4 Å². The minimum atomic E-state index is 0.746. The Labute approximate surface area is 108 Å². The zero-order chi connectivity index (χ0) is 13.0. The molecular formula is C14H18N4. The quantitative estimate of drug-likeness (QED) is 0.895. The fourth-order valence-corrected chi connectivity index (χ4v) is 1.83. The Kier molecular flexibility index (Phi) is 3.87. The largest absolute Gasteiger partial charge is 0.373 e. The predicted molar refractivity (Wildman–Crippen MR) is 73.5 cm³/mol. The molecule has 0 unspecified atom stereocenters. The SMILES string of the molecule is CCCc1cc(NC)nc(-c2cnccc2C)n1. The molecule has 0 saturated heterocycles. The van der Waals surface area contributed by atoms with Crippen molar-refractivity contribution in [1.29, 1.82) is 0 Å². The van der Waals surface area contributed by atoms with E-state index in [1.807, 2.05) is 32.3 Å². The van der Waals surface area contributed by atoms with Crippen LogP contribution in [0, 0.1) is 6.92 Å². The number of nitrogens with zero attached hydrogens (tertiary/aromatic N) is 3. The Morgan fingerprint density at radius 3 is 2.78 bits per heavy atom. The van der Waals surface area contributed by atoms with E-state index >= 15 is 0 Å². The first kappa shape index (κ1) is 12.5. The first-order valence-corrected chi connectivity index (χ1v) is 6.21. The lowest BCUT2D eigenvalue weighted by molar-refractivity contribution is 0.875. The van der Waals surface area contributed by atoms with E-state index in [1.165, 1.54) is 0 Å². The van der Waals surface area contributed by atoms with Gasteiger partial charge < -0.3 is 5.32 Å². The molecule has 0 aliphatic rings. The Hall–Kier alpha value is -1.97. The second kappa shape index (κ2) is 5.58. The molecule has 2 aromatic rings. The van der Waals surface area contributed by atoms with E-state index in [4.69, 9.17) is 0 Å². The van der Waals surface area contributed by atoms with Gasteiger partial charge in [0.25, 0.3) is 0 Å². The van der Waals surface area contributed by atoms with Gasteiger partial charge in [-0.1, -0.05) is 13.3 Å². The maximum Gasteiger partial charge on any atom is 0.163 e. The van der Waals surface area contributed by atoms with Gasteiger partial charge in [-0.25, -0.2) is 9.97 Å². The van der Waals surface area contributed by atoms with Crippen LogP contribution in [0.25, 0.3) is 11.4 Å². The summed E-state index contributed by atoms with van der Waals surface area (Å²) in [5.41, 5.74) is 3.20. The van der Waals surface area contributed by atoms with E-state index in [-0.39, 0.29) is 0 Å². The molecular weight excluding hydrogens is 224 g/mol. The molecule has 4 nitrogen and oxygen atoms in total. The lowest BCUT2D eigenvalue weighted by Gasteiger charge is -2.08. The third kappa shape index (κ3) is 2.64. The van der Waals surface area contributed by atoms with E-state index in [9.17, 15) is 0 Å². The van der Waals surface area contributed by atoms with E-state index in [1.54, 1.807) is 6.20 Å². The minimum absolute atomic E-state index is 0.746. The van der Waals surface area contributed by atoms with Crippen LogP contribution < -0.4 is 5.32 Å². The van der Waals surface area contributed by atoms with Crippen LogP contribution in [-0.2, 0) is 6.42 Å². The maximum absolute atomic E-state index is 4.61. The number of hydrogen-bond donors (Lipinski definition) is 1. The van der Waals surface area contributed by atoms with Gasteiger partial charge in [-0.3, -0.25) is 4.98 Å². The van der Waals surface area contributed by atoms with Gasteiger partial charge in [0, 0.05) is 36.8 Å². The van der Waals surface area contributed by atoms with E-state index in [0.717, 1.165) is 41.3 Å². The fourth-order valence-electron chi connectivity index (χ4n) is 1.83. The number of anilines is 1. The summed E-state index contributed by atoms with van der Waals surface area (Å²) in [4.78, 5) is 13.3. The average Bonchev–Trinajstić information content (AvgIpc) is 2.39. The molecule has 94 valence electrons. The van der Waals surface area contributed by atoms with Crippen molar-refractivity contribution < 1.29 is 0 Å². The van der Waals surface area contributed by atoms with Crippen LogP contribution in [0.1, 0.15) is 24.6 Å². The number of rotatable bonds is 4. The van der Waals surface area contributed by atoms with Gasteiger partial charge in [-0.05, 0) is 25.0 Å². The van der Waals surface area contributed by atoms with Gasteiger partial charge in [-0.15, -0.1) is 0 Å². The van der Waals surface area contributed by atoms with Crippen molar-refractivity contribution in [3.63, 3.8) is 0 Å². The number of aryl methyl sites for hydroxylation is 2. The molecule has 0 bridgehead atoms. The van der Waals surface area contributed by atoms with E-state index in [2.05, 4.69) is 27.2 Å². The topological polar surface area (TPSA) is 50.7 Å². The maximum atomic E-state index is 4.61. The molecule has 0 radical (unpaired) electrons. The normalized spacial score (nSPS) is 10.4. The molecule has 0 spiro atoms. The lowest BCUT2D eigenvalue weighted by Crippen LogP contribution is -2.01. The van der Waals surface area contributed by atoms with E-state index in [0.29, 0.717) is 0 Å². The van der Waals surface area contributed by atoms with Crippen LogP contribution in [0.2, 0.25) is 0 Å². The second-order valence-electron chi connectivity index (χ2n) is 4.26. The summed E-state index contributed by atoms with van der Waals surface area (Å²) in [5.74, 6) is 1.60. The van der Waals surface area contributed by atoms with Crippen LogP contribution in [0.3, 0.4) is 0 Å². The highest BCUT2D eigenvalue weighted by atomic mass is 15.0. The highest BCUT2D eigenvalue weighted by Gasteiger charge is 2.08. The highest BCUT2D eigenvalue weighted by Crippen LogP contribution is 2.20. The summed E-state index contributed by atoms with van der Waals surface area (Å²) in [7, 11) is 1.87. The van der Waals surface area contributed by atoms with Crippen LogP contribution >= 0.6 is 0 Å². The third-order valence-corrected chi connectivity index (χ3v) is 2.82. The molecule has 4 heteroatoms. The van der Waals surface area contributed by atoms with Gasteiger partial charge in [0.2, 0.25) is 0 Å². The van der Waals surface area contributed by atoms with E-state index < -0.39 is 0 Å². The molecule has 2 aromatic heterocycles. The molecule has 18 heavy (non-hydrogen) atoms. The van der Waals surface area contributed by atoms with Crippen molar-refractivity contribution in [2.45, 2.75) is 26.7 Å². The smallest absolute Gasteiger partial charge is 0.163 e. The highest BCUT2D eigenvalue weighted by molar-refractivity contribution is 5.60. The summed E-state index contributed by atoms with van der Waals surface area (Å²) >= 11 is 0. The third-order valence-electron chi connectivity index (χ3n) is 2.82. The average molecular weight is 242 g/mol. The van der Waals surface area contributed by atoms with Crippen LogP contribution in [0.15, 0.2) is 24.5 Å². The first-order valence-electron chi connectivity index (χ1n) is 6.21. The van der Waals surface area contributed by atoms with Gasteiger partial charge in [-0.2, -0.15) is 0 Å². The first-order chi connectivity index (χ1) is 8.74. The Morgan fingerprint density at radius 2 is 2.11 bits per heavy atom. The minimum Gasteiger partial charge on any atom is -0.373 e. The van der Waals surface area contributed by atoms with Crippen molar-refractivity contribution >= 4 is 5.82 Å². The Morgan fingerprint density at radius 1 is 1.28 bits per heavy atom. The second-order valence-corrected chi connectivity index (χ2v) is 4.26. The zero-order valence-corrected chi connectivity index (χ0v) is 11.1. The number of pyridine rings is 1. The molecule has 0 amide bonds. The molecule has 2 rings (SSSR count). The molecule has 0 fully saturated rings. The summed E-state index contributed by atoms with van der Waals surface area (Å²) < 4.78 is 0. The molecule has 0 aliphatic heterocycles. The van der Waals surface area contributed by atoms with Crippen LogP contribution in [-0.4, -0.2) is 22.0 Å². The van der Waals surface area contributed by atoms with Crippen LogP contribution in [0.4, 0.5) is 5.82 Å². The summed E-state index contributed by atoms with van der Waals surface area (Å²) in [6.45, 7) is 4.20. The molecule has 0 aromatic carbocycles. The summed E-state index contributed by atoms with van der Waals surface area (Å²) in [6, 6.07) is 3.98. The number of nitrogens with one attached hydrogen (secondary N) is 1. The zero-order valence-electron chi connectivity index (χ0n) is 11.1. The van der Waals surface area contributed by atoms with Gasteiger partial charge >= 0.3 is 0 Å². The van der Waals surface area contributed by atoms with Crippen molar-refractivity contribution in [2.75, 3.05) is 12.4 Å². The monoisotopic (exact) mass is 242 g/mol. The molecule has 0 aliphatic carbocycles. The molecule has 1 N–H and O–H groups in total. The molecule has 2 heterocycles. The van der Waals surface area contributed by atoms with Gasteiger partial charge in [0.15, 0.2) is 5.82 Å². The number of hydrogen-bond acceptors (Lipinski definition) is 4. The van der Waals surface area contributed by atoms with Crippen molar-refractivity contribution in [2.24, 2.45) is 0 Å². The summed E-state index contributed by atoms with van der Waals surface area (Å²) in [5, 5.41) is 3.08. The van der Waals surface area contributed by atoms with Gasteiger partial charge in [0.05, 0.1) is 0 Å². The van der Waals surface area contributed by atoms with Gasteiger partial charge in [0.1, 0.15) is 5.82 Å². The fraction of sp³-hybridized carbons (Fsp3) is 0.357. The van der Waals surface area contributed by atoms with Crippen LogP contribution in [0.5, 0.6) is 0 Å². The van der Waals surface area contributed by atoms with Crippen molar-refractivity contribution in [1.82, 2.24) is 15.0 Å². The predicted octanol–water partition coefficient (Wildman–Crippen LogP) is 2.84.